The second-order valence-electron chi connectivity index (χ2n) is 9.86. The molecule has 0 bridgehead atoms. The molecule has 0 radical (unpaired) electrons. The minimum Gasteiger partial charge on any atom is -0.507 e. The fraction of sp³-hybridized carbons (Fsp3) is 0.500. The molecule has 0 aliphatic carbocycles. The van der Waals surface area contributed by atoms with Crippen molar-refractivity contribution in [1.82, 2.24) is 20.8 Å². The monoisotopic (exact) mass is 407 g/mol. The number of nitrogens with one attached hydrogen (secondary N) is 3. The molecule has 2 aliphatic rings. The van der Waals surface area contributed by atoms with Gasteiger partial charge < -0.3 is 21.1 Å². The van der Waals surface area contributed by atoms with Gasteiger partial charge in [-0.1, -0.05) is 12.1 Å². The van der Waals surface area contributed by atoms with E-state index in [9.17, 15) is 5.11 Å². The second-order valence-corrected chi connectivity index (χ2v) is 9.86. The zero-order valence-corrected chi connectivity index (χ0v) is 18.4. The smallest absolute Gasteiger partial charge is 0.148 e. The first-order valence-electron chi connectivity index (χ1n) is 10.8. The van der Waals surface area contributed by atoms with E-state index in [-0.39, 0.29) is 16.8 Å². The highest BCUT2D eigenvalue weighted by molar-refractivity contribution is 5.74. The van der Waals surface area contributed by atoms with Crippen molar-refractivity contribution in [2.45, 2.75) is 64.1 Å². The van der Waals surface area contributed by atoms with Crippen molar-refractivity contribution in [3.05, 3.63) is 42.0 Å². The summed E-state index contributed by atoms with van der Waals surface area (Å²) in [6, 6.07) is 10.0. The number of hydrogen-bond acceptors (Lipinski definition) is 6. The van der Waals surface area contributed by atoms with Crippen LogP contribution in [0.2, 0.25) is 0 Å². The lowest BCUT2D eigenvalue weighted by Gasteiger charge is -2.46. The Hall–Kier alpha value is -2.44. The van der Waals surface area contributed by atoms with Crippen LogP contribution in [0.15, 0.2) is 36.4 Å². The molecule has 0 saturated carbocycles. The third-order valence-corrected chi connectivity index (χ3v) is 5.92. The Labute approximate surface area is 179 Å². The van der Waals surface area contributed by atoms with E-state index in [4.69, 9.17) is 0 Å². The van der Waals surface area contributed by atoms with Crippen molar-refractivity contribution in [2.75, 3.05) is 18.4 Å². The van der Waals surface area contributed by atoms with E-state index in [1.165, 1.54) is 5.57 Å². The van der Waals surface area contributed by atoms with Gasteiger partial charge in [0.05, 0.1) is 5.69 Å². The number of benzene rings is 1. The molecule has 6 heteroatoms. The average molecular weight is 408 g/mol. The molecule has 160 valence electrons. The highest BCUT2D eigenvalue weighted by Gasteiger charge is 2.37. The number of rotatable bonds is 4. The summed E-state index contributed by atoms with van der Waals surface area (Å²) < 4.78 is 0. The summed E-state index contributed by atoms with van der Waals surface area (Å²) >= 11 is 0. The number of piperidine rings is 1. The van der Waals surface area contributed by atoms with Crippen molar-refractivity contribution in [3.63, 3.8) is 0 Å². The number of hydrogen-bond donors (Lipinski definition) is 4. The van der Waals surface area contributed by atoms with E-state index in [1.807, 2.05) is 24.3 Å². The molecule has 1 saturated heterocycles. The Kier molecular flexibility index (Phi) is 5.55. The topological polar surface area (TPSA) is 82.1 Å². The molecule has 2 aliphatic heterocycles. The Balaban J connectivity index is 1.48. The Bertz CT molecular complexity index is 917. The lowest BCUT2D eigenvalue weighted by molar-refractivity contribution is 0.170. The van der Waals surface area contributed by atoms with Crippen LogP contribution < -0.4 is 16.0 Å². The number of nitrogens with zero attached hydrogens (tertiary/aromatic N) is 2. The van der Waals surface area contributed by atoms with Crippen LogP contribution in [0, 0.1) is 0 Å². The summed E-state index contributed by atoms with van der Waals surface area (Å²) in [5, 5.41) is 29.9. The largest absolute Gasteiger partial charge is 0.507 e. The average Bonchev–Trinajstić information content (AvgIpc) is 2.67. The van der Waals surface area contributed by atoms with E-state index in [0.29, 0.717) is 17.3 Å². The van der Waals surface area contributed by atoms with Gasteiger partial charge in [-0.05, 0) is 88.9 Å². The Morgan fingerprint density at radius 2 is 1.80 bits per heavy atom. The summed E-state index contributed by atoms with van der Waals surface area (Å²) in [5.41, 5.74) is 3.87. The van der Waals surface area contributed by atoms with E-state index < -0.39 is 0 Å². The lowest BCUT2D eigenvalue weighted by atomic mass is 9.79. The van der Waals surface area contributed by atoms with Gasteiger partial charge in [-0.2, -0.15) is 0 Å². The molecule has 0 unspecified atom stereocenters. The van der Waals surface area contributed by atoms with Crippen LogP contribution in [0.25, 0.3) is 16.8 Å². The molecule has 2 aromatic rings. The third-order valence-electron chi connectivity index (χ3n) is 5.92. The minimum absolute atomic E-state index is 0.0736. The van der Waals surface area contributed by atoms with Crippen molar-refractivity contribution in [1.29, 1.82) is 0 Å². The zero-order chi connectivity index (χ0) is 21.4. The van der Waals surface area contributed by atoms with E-state index in [1.54, 1.807) is 0 Å². The standard InChI is InChI=1S/C24H33N5O/c1-23(2)14-18(15-24(3,4)29-23)26-22-8-7-20(27-28-22)19-6-5-17(13-21(19)30)16-9-11-25-12-10-16/h5-9,13,18,25,29-30H,10-12,14-15H2,1-4H3,(H,26,28). The highest BCUT2D eigenvalue weighted by atomic mass is 16.3. The first kappa shape index (κ1) is 20.8. The summed E-state index contributed by atoms with van der Waals surface area (Å²) in [6.45, 7) is 10.8. The number of aromatic nitrogens is 2. The molecule has 1 aromatic carbocycles. The van der Waals surface area contributed by atoms with Gasteiger partial charge >= 0.3 is 0 Å². The van der Waals surface area contributed by atoms with Gasteiger partial charge in [-0.25, -0.2) is 0 Å². The van der Waals surface area contributed by atoms with Gasteiger partial charge in [0, 0.05) is 29.2 Å². The Morgan fingerprint density at radius 3 is 2.40 bits per heavy atom. The maximum atomic E-state index is 10.6. The highest BCUT2D eigenvalue weighted by Crippen LogP contribution is 2.33. The predicted octanol–water partition coefficient (Wildman–Crippen LogP) is 3.95. The maximum Gasteiger partial charge on any atom is 0.148 e. The first-order valence-corrected chi connectivity index (χ1v) is 10.8. The number of anilines is 1. The van der Waals surface area contributed by atoms with Gasteiger partial charge in [-0.15, -0.1) is 10.2 Å². The van der Waals surface area contributed by atoms with Crippen molar-refractivity contribution in [3.8, 4) is 17.0 Å². The summed E-state index contributed by atoms with van der Waals surface area (Å²) in [5.74, 6) is 1.01. The molecule has 0 amide bonds. The van der Waals surface area contributed by atoms with E-state index >= 15 is 0 Å². The van der Waals surface area contributed by atoms with E-state index in [0.717, 1.165) is 43.7 Å². The van der Waals surface area contributed by atoms with Gasteiger partial charge in [0.2, 0.25) is 0 Å². The van der Waals surface area contributed by atoms with Crippen molar-refractivity contribution >= 4 is 11.4 Å². The SMILES string of the molecule is CC1(C)CC(Nc2ccc(-c3ccc(C4=CCNCC4)cc3O)nn2)CC(C)(C)N1. The fourth-order valence-electron chi connectivity index (χ4n) is 5.02. The van der Waals surface area contributed by atoms with Gasteiger partial charge in [0.1, 0.15) is 11.6 Å². The Morgan fingerprint density at radius 1 is 1.03 bits per heavy atom. The molecule has 6 nitrogen and oxygen atoms in total. The summed E-state index contributed by atoms with van der Waals surface area (Å²) in [4.78, 5) is 0. The van der Waals surface area contributed by atoms with Gasteiger partial charge in [0.15, 0.2) is 0 Å². The lowest BCUT2D eigenvalue weighted by Crippen LogP contribution is -2.60. The van der Waals surface area contributed by atoms with Gasteiger partial charge in [-0.3, -0.25) is 0 Å². The van der Waals surface area contributed by atoms with Crippen LogP contribution in [0.5, 0.6) is 5.75 Å². The minimum atomic E-state index is 0.0736. The van der Waals surface area contributed by atoms with E-state index in [2.05, 4.69) is 66.0 Å². The molecule has 3 heterocycles. The number of phenolic OH excluding ortho intramolecular Hbond substituents is 1. The van der Waals surface area contributed by atoms with Crippen LogP contribution in [-0.2, 0) is 0 Å². The van der Waals surface area contributed by atoms with Crippen molar-refractivity contribution in [2.24, 2.45) is 0 Å². The molecule has 0 spiro atoms. The molecular formula is C24H33N5O. The maximum absolute atomic E-state index is 10.6. The third kappa shape index (κ3) is 4.82. The molecular weight excluding hydrogens is 374 g/mol. The molecule has 1 fully saturated rings. The quantitative estimate of drug-likeness (QED) is 0.614. The number of aromatic hydroxyl groups is 1. The molecule has 0 atom stereocenters. The molecule has 4 N–H and O–H groups in total. The number of phenols is 1. The van der Waals surface area contributed by atoms with Crippen LogP contribution in [0.1, 0.15) is 52.5 Å². The van der Waals surface area contributed by atoms with Gasteiger partial charge in [0.25, 0.3) is 0 Å². The van der Waals surface area contributed by atoms with Crippen LogP contribution in [-0.4, -0.2) is 45.5 Å². The summed E-state index contributed by atoms with van der Waals surface area (Å²) in [6.07, 6.45) is 5.20. The van der Waals surface area contributed by atoms with Crippen LogP contribution >= 0.6 is 0 Å². The predicted molar refractivity (Wildman–Crippen MR) is 123 cm³/mol. The second kappa shape index (κ2) is 8.00. The van der Waals surface area contributed by atoms with Crippen LogP contribution in [0.4, 0.5) is 5.82 Å². The zero-order valence-electron chi connectivity index (χ0n) is 18.4. The van der Waals surface area contributed by atoms with Crippen molar-refractivity contribution < 1.29 is 5.11 Å². The first-order chi connectivity index (χ1) is 14.2. The molecule has 4 rings (SSSR count). The normalized spacial score (nSPS) is 21.1. The molecule has 30 heavy (non-hydrogen) atoms. The molecule has 1 aromatic heterocycles. The fourth-order valence-corrected chi connectivity index (χ4v) is 5.02. The summed E-state index contributed by atoms with van der Waals surface area (Å²) in [7, 11) is 0. The van der Waals surface area contributed by atoms with Crippen LogP contribution in [0.3, 0.4) is 0 Å².